The third kappa shape index (κ3) is 9.05. The summed E-state index contributed by atoms with van der Waals surface area (Å²) in [6.07, 6.45) is -0.731. The number of benzene rings is 2. The van der Waals surface area contributed by atoms with Crippen molar-refractivity contribution in [3.63, 3.8) is 0 Å². The quantitative estimate of drug-likeness (QED) is 0.183. The first kappa shape index (κ1) is 27.8. The minimum atomic E-state index is -0.980. The molecule has 0 aliphatic carbocycles. The van der Waals surface area contributed by atoms with Crippen molar-refractivity contribution in [1.82, 2.24) is 10.6 Å². The molecule has 1 atom stereocenters. The number of ether oxygens (including phenoxy) is 2. The van der Waals surface area contributed by atoms with Crippen LogP contribution in [-0.2, 0) is 25.7 Å². The Morgan fingerprint density at radius 3 is 2.17 bits per heavy atom. The molecular weight excluding hydrogens is 472 g/mol. The molecule has 0 saturated heterocycles. The normalized spacial score (nSPS) is 11.2. The summed E-state index contributed by atoms with van der Waals surface area (Å²) in [5, 5.41) is 18.4. The van der Waals surface area contributed by atoms with Crippen molar-refractivity contribution >= 4 is 35.3 Å². The van der Waals surface area contributed by atoms with Gasteiger partial charge in [-0.2, -0.15) is 0 Å². The number of nitrogens with zero attached hydrogens (tertiary/aromatic N) is 1. The lowest BCUT2D eigenvalue weighted by atomic mass is 10.0. The number of hydrogen-bond acceptors (Lipinski definition) is 8. The Hall–Kier alpha value is -4.48. The first-order chi connectivity index (χ1) is 17.1. The topological polar surface area (TPSA) is 166 Å². The molecule has 0 spiro atoms. The Labute approximate surface area is 207 Å². The molecule has 2 aromatic rings. The highest BCUT2D eigenvalue weighted by atomic mass is 16.7. The van der Waals surface area contributed by atoms with Crippen LogP contribution in [0.2, 0.25) is 0 Å². The van der Waals surface area contributed by atoms with Gasteiger partial charge in [0.2, 0.25) is 17.7 Å². The fraction of sp³-hybridized carbons (Fsp3) is 0.333. The summed E-state index contributed by atoms with van der Waals surface area (Å²) >= 11 is 0. The van der Waals surface area contributed by atoms with Crippen LogP contribution in [0.1, 0.15) is 32.8 Å². The summed E-state index contributed by atoms with van der Waals surface area (Å²) in [6, 6.07) is 10.7. The van der Waals surface area contributed by atoms with Gasteiger partial charge in [-0.25, -0.2) is 4.79 Å². The predicted octanol–water partition coefficient (Wildman–Crippen LogP) is 2.92. The van der Waals surface area contributed by atoms with E-state index >= 15 is 0 Å². The molecule has 192 valence electrons. The van der Waals surface area contributed by atoms with Crippen LogP contribution in [0.5, 0.6) is 5.75 Å². The lowest BCUT2D eigenvalue weighted by Crippen LogP contribution is -2.50. The molecule has 12 heteroatoms. The monoisotopic (exact) mass is 500 g/mol. The van der Waals surface area contributed by atoms with Gasteiger partial charge in [0, 0.05) is 24.2 Å². The van der Waals surface area contributed by atoms with Gasteiger partial charge in [-0.15, -0.1) is 0 Å². The highest BCUT2D eigenvalue weighted by Gasteiger charge is 2.23. The summed E-state index contributed by atoms with van der Waals surface area (Å²) in [4.78, 5) is 58.0. The van der Waals surface area contributed by atoms with Gasteiger partial charge in [0.15, 0.2) is 0 Å². The molecule has 0 fully saturated rings. The molecule has 0 radical (unpaired) electrons. The third-order valence-corrected chi connectivity index (χ3v) is 4.85. The standard InChI is InChI=1S/C24H28N4O8/c1-4-20(29)27-22(15(2)3)23(31)25-13-21(30)26-17-7-5-16(6-8-17)14-35-24(32)36-19-11-9-18(10-12-19)28(33)34/h5-12,15,22H,4,13-14H2,1-3H3,(H,25,31)(H,26,30)(H,27,29). The van der Waals surface area contributed by atoms with Crippen LogP contribution in [-0.4, -0.2) is 41.4 Å². The molecular formula is C24H28N4O8. The average Bonchev–Trinajstić information content (AvgIpc) is 2.85. The third-order valence-electron chi connectivity index (χ3n) is 4.85. The van der Waals surface area contributed by atoms with Gasteiger partial charge in [-0.1, -0.05) is 32.9 Å². The maximum Gasteiger partial charge on any atom is 0.514 e. The molecule has 0 aliphatic rings. The van der Waals surface area contributed by atoms with E-state index in [4.69, 9.17) is 9.47 Å². The van der Waals surface area contributed by atoms with E-state index < -0.39 is 28.9 Å². The molecule has 2 rings (SSSR count). The molecule has 0 heterocycles. The molecule has 3 N–H and O–H groups in total. The van der Waals surface area contributed by atoms with Crippen LogP contribution >= 0.6 is 0 Å². The number of nitro benzene ring substituents is 1. The number of anilines is 1. The van der Waals surface area contributed by atoms with E-state index in [2.05, 4.69) is 16.0 Å². The van der Waals surface area contributed by atoms with Crippen molar-refractivity contribution in [2.75, 3.05) is 11.9 Å². The van der Waals surface area contributed by atoms with Crippen LogP contribution < -0.4 is 20.7 Å². The number of carbonyl (C=O) groups excluding carboxylic acids is 4. The number of rotatable bonds is 11. The second-order valence-corrected chi connectivity index (χ2v) is 8.00. The first-order valence-electron chi connectivity index (χ1n) is 11.1. The number of hydrogen-bond donors (Lipinski definition) is 3. The molecule has 3 amide bonds. The van der Waals surface area contributed by atoms with Crippen molar-refractivity contribution in [1.29, 1.82) is 0 Å². The number of nitro groups is 1. The molecule has 2 aromatic carbocycles. The molecule has 0 aliphatic heterocycles. The zero-order valence-corrected chi connectivity index (χ0v) is 20.1. The lowest BCUT2D eigenvalue weighted by Gasteiger charge is -2.21. The molecule has 0 bridgehead atoms. The second-order valence-electron chi connectivity index (χ2n) is 8.00. The Morgan fingerprint density at radius 2 is 1.61 bits per heavy atom. The summed E-state index contributed by atoms with van der Waals surface area (Å²) in [6.45, 7) is 4.89. The van der Waals surface area contributed by atoms with Gasteiger partial charge in [-0.3, -0.25) is 24.5 Å². The highest BCUT2D eigenvalue weighted by Crippen LogP contribution is 2.18. The Balaban J connectivity index is 1.78. The van der Waals surface area contributed by atoms with Gasteiger partial charge >= 0.3 is 6.16 Å². The van der Waals surface area contributed by atoms with Crippen LogP contribution in [0.15, 0.2) is 48.5 Å². The van der Waals surface area contributed by atoms with Crippen molar-refractivity contribution in [3.05, 3.63) is 64.2 Å². The summed E-state index contributed by atoms with van der Waals surface area (Å²) in [7, 11) is 0. The van der Waals surface area contributed by atoms with Gasteiger partial charge < -0.3 is 25.4 Å². The maximum absolute atomic E-state index is 12.3. The van der Waals surface area contributed by atoms with Crippen molar-refractivity contribution in [2.24, 2.45) is 5.92 Å². The van der Waals surface area contributed by atoms with Gasteiger partial charge in [0.1, 0.15) is 18.4 Å². The molecule has 1 unspecified atom stereocenters. The van der Waals surface area contributed by atoms with Crippen molar-refractivity contribution in [3.8, 4) is 5.75 Å². The van der Waals surface area contributed by atoms with Crippen LogP contribution in [0.25, 0.3) is 0 Å². The maximum atomic E-state index is 12.3. The number of nitrogens with one attached hydrogen (secondary N) is 3. The average molecular weight is 501 g/mol. The van der Waals surface area contributed by atoms with E-state index in [9.17, 15) is 29.3 Å². The summed E-state index contributed by atoms with van der Waals surface area (Å²) in [5.41, 5.74) is 0.949. The fourth-order valence-electron chi connectivity index (χ4n) is 2.88. The first-order valence-corrected chi connectivity index (χ1v) is 11.1. The zero-order chi connectivity index (χ0) is 26.7. The van der Waals surface area contributed by atoms with Crippen molar-refractivity contribution < 1.29 is 33.6 Å². The molecule has 0 aromatic heterocycles. The Morgan fingerprint density at radius 1 is 0.972 bits per heavy atom. The number of amides is 3. The van der Waals surface area contributed by atoms with Gasteiger partial charge in [0.25, 0.3) is 5.69 Å². The van der Waals surface area contributed by atoms with Crippen LogP contribution in [0, 0.1) is 16.0 Å². The zero-order valence-electron chi connectivity index (χ0n) is 20.1. The van der Waals surface area contributed by atoms with Gasteiger partial charge in [0.05, 0.1) is 11.5 Å². The molecule has 0 saturated carbocycles. The van der Waals surface area contributed by atoms with Crippen molar-refractivity contribution in [2.45, 2.75) is 39.8 Å². The minimum Gasteiger partial charge on any atom is -0.429 e. The number of carbonyl (C=O) groups is 4. The predicted molar refractivity (Wildman–Crippen MR) is 129 cm³/mol. The fourth-order valence-corrected chi connectivity index (χ4v) is 2.88. The second kappa shape index (κ2) is 13.4. The van der Waals surface area contributed by atoms with E-state index in [1.54, 1.807) is 45.0 Å². The Kier molecular flexibility index (Phi) is 10.3. The van der Waals surface area contributed by atoms with E-state index in [0.717, 1.165) is 0 Å². The van der Waals surface area contributed by atoms with Crippen LogP contribution in [0.3, 0.4) is 0 Å². The smallest absolute Gasteiger partial charge is 0.429 e. The van der Waals surface area contributed by atoms with E-state index in [1.807, 2.05) is 0 Å². The summed E-state index contributed by atoms with van der Waals surface area (Å²) in [5.74, 6) is -1.21. The van der Waals surface area contributed by atoms with Crippen LogP contribution in [0.4, 0.5) is 16.2 Å². The van der Waals surface area contributed by atoms with E-state index in [-0.39, 0.29) is 42.8 Å². The summed E-state index contributed by atoms with van der Waals surface area (Å²) < 4.78 is 9.97. The highest BCUT2D eigenvalue weighted by molar-refractivity contribution is 5.96. The minimum absolute atomic E-state index is 0.100. The number of non-ortho nitro benzene ring substituents is 1. The largest absolute Gasteiger partial charge is 0.514 e. The SMILES string of the molecule is CCC(=O)NC(C(=O)NCC(=O)Nc1ccc(COC(=O)Oc2ccc([N+](=O)[O-])cc2)cc1)C(C)C. The van der Waals surface area contributed by atoms with E-state index in [1.165, 1.54) is 24.3 Å². The molecule has 36 heavy (non-hydrogen) atoms. The van der Waals surface area contributed by atoms with Gasteiger partial charge in [-0.05, 0) is 35.7 Å². The van der Waals surface area contributed by atoms with E-state index in [0.29, 0.717) is 11.3 Å². The Bertz CT molecular complexity index is 1080. The molecule has 12 nitrogen and oxygen atoms in total. The lowest BCUT2D eigenvalue weighted by molar-refractivity contribution is -0.384.